The van der Waals surface area contributed by atoms with Crippen molar-refractivity contribution in [1.82, 2.24) is 0 Å². The van der Waals surface area contributed by atoms with E-state index in [2.05, 4.69) is 32.9 Å². The molecular weight excluding hydrogens is 464 g/mol. The van der Waals surface area contributed by atoms with Crippen LogP contribution >= 0.6 is 0 Å². The van der Waals surface area contributed by atoms with Gasteiger partial charge in [-0.25, -0.2) is 9.59 Å². The Balaban J connectivity index is 0.000000392. The van der Waals surface area contributed by atoms with Gasteiger partial charge in [0, 0.05) is 48.3 Å². The number of rotatable bonds is 5. The summed E-state index contributed by atoms with van der Waals surface area (Å²) in [6.07, 6.45) is 7.37. The van der Waals surface area contributed by atoms with Gasteiger partial charge in [-0.3, -0.25) is 9.59 Å². The lowest BCUT2D eigenvalue weighted by molar-refractivity contribution is -0.160. The Morgan fingerprint density at radius 2 is 1.67 bits per heavy atom. The Morgan fingerprint density at radius 3 is 2.25 bits per heavy atom. The first-order valence-corrected chi connectivity index (χ1v) is 12.9. The highest BCUT2D eigenvalue weighted by Crippen LogP contribution is 2.66. The number of carboxylic acids is 2. The smallest absolute Gasteiger partial charge is 0.328 e. The van der Waals surface area contributed by atoms with Gasteiger partial charge in [0.2, 0.25) is 0 Å². The van der Waals surface area contributed by atoms with E-state index in [4.69, 9.17) is 20.8 Å². The predicted octanol–water partition coefficient (Wildman–Crippen LogP) is 3.46. The normalized spacial score (nSPS) is 38.0. The molecular formula is C27H40N2O7. The fraction of sp³-hybridized carbons (Fsp3) is 0.741. The lowest BCUT2D eigenvalue weighted by atomic mass is 9.41. The Bertz CT molecular complexity index is 955. The average molecular weight is 505 g/mol. The monoisotopic (exact) mass is 504 g/mol. The van der Waals surface area contributed by atoms with E-state index in [1.54, 1.807) is 0 Å². The molecule has 0 aromatic carbocycles. The molecule has 0 saturated heterocycles. The topological polar surface area (TPSA) is 156 Å². The van der Waals surface area contributed by atoms with Crippen LogP contribution in [0.5, 0.6) is 0 Å². The molecule has 0 heterocycles. The molecule has 4 rings (SSSR count). The van der Waals surface area contributed by atoms with Gasteiger partial charge in [-0.1, -0.05) is 32.9 Å². The van der Waals surface area contributed by atoms with E-state index >= 15 is 0 Å². The number of fused-ring (bicyclic) bond motifs is 5. The van der Waals surface area contributed by atoms with E-state index in [0.717, 1.165) is 37.8 Å². The second-order valence-electron chi connectivity index (χ2n) is 11.8. The van der Waals surface area contributed by atoms with E-state index in [1.807, 2.05) is 0 Å². The molecule has 0 amide bonds. The Morgan fingerprint density at radius 1 is 1.03 bits per heavy atom. The molecule has 9 nitrogen and oxygen atoms in total. The molecule has 4 fully saturated rings. The first-order valence-electron chi connectivity index (χ1n) is 12.9. The van der Waals surface area contributed by atoms with Crippen LogP contribution in [-0.4, -0.2) is 52.6 Å². The number of ketones is 2. The number of carbonyl (C=O) groups is 4. The third-order valence-electron chi connectivity index (χ3n) is 9.53. The number of aliphatic carboxylic acids is 2. The third-order valence-corrected chi connectivity index (χ3v) is 9.53. The summed E-state index contributed by atoms with van der Waals surface area (Å²) in [4.78, 5) is 50.7. The van der Waals surface area contributed by atoms with Gasteiger partial charge in [-0.05, 0) is 55.3 Å². The van der Waals surface area contributed by atoms with Crippen molar-refractivity contribution in [2.45, 2.75) is 72.6 Å². The van der Waals surface area contributed by atoms with E-state index < -0.39 is 11.9 Å². The molecule has 0 aromatic rings. The average Bonchev–Trinajstić information content (AvgIpc) is 3.09. The minimum absolute atomic E-state index is 0.0106. The lowest BCUT2D eigenvalue weighted by Gasteiger charge is -2.62. The SMILES string of the molecule is CC1(C)C(=NOCCN)CC[C@]2(C)[C@H]3CC[C@]4(C)C(=O)CC[C@H]4[C@@H]3CC(=O)[C@@H]12.O=C(O)C=CC(=O)O. The quantitative estimate of drug-likeness (QED) is 0.292. The molecule has 4 aliphatic carbocycles. The summed E-state index contributed by atoms with van der Waals surface area (Å²) < 4.78 is 0. The number of carboxylic acid groups (broad SMARTS) is 2. The molecule has 9 heteroatoms. The highest BCUT2D eigenvalue weighted by Gasteiger charge is 2.65. The van der Waals surface area contributed by atoms with Gasteiger partial charge >= 0.3 is 11.9 Å². The van der Waals surface area contributed by atoms with Crippen molar-refractivity contribution in [3.05, 3.63) is 12.2 Å². The van der Waals surface area contributed by atoms with Crippen LogP contribution in [0.3, 0.4) is 0 Å². The maximum Gasteiger partial charge on any atom is 0.328 e. The summed E-state index contributed by atoms with van der Waals surface area (Å²) in [6, 6.07) is 0. The van der Waals surface area contributed by atoms with Gasteiger partial charge in [-0.2, -0.15) is 0 Å². The van der Waals surface area contributed by atoms with Crippen LogP contribution in [0.15, 0.2) is 17.3 Å². The minimum Gasteiger partial charge on any atom is -0.478 e. The number of hydrogen-bond acceptors (Lipinski definition) is 7. The fourth-order valence-electron chi connectivity index (χ4n) is 8.01. The number of carbonyl (C=O) groups excluding carboxylic acids is 2. The third kappa shape index (κ3) is 4.99. The van der Waals surface area contributed by atoms with Crippen LogP contribution in [0.1, 0.15) is 72.6 Å². The van der Waals surface area contributed by atoms with Crippen molar-refractivity contribution in [2.24, 2.45) is 50.8 Å². The van der Waals surface area contributed by atoms with Crippen molar-refractivity contribution >= 4 is 29.2 Å². The molecule has 200 valence electrons. The van der Waals surface area contributed by atoms with Crippen LogP contribution in [0.4, 0.5) is 0 Å². The molecule has 0 radical (unpaired) electrons. The second-order valence-corrected chi connectivity index (χ2v) is 11.8. The van der Waals surface area contributed by atoms with Crippen LogP contribution in [0.2, 0.25) is 0 Å². The highest BCUT2D eigenvalue weighted by atomic mass is 16.6. The Hall–Kier alpha value is -2.55. The summed E-state index contributed by atoms with van der Waals surface area (Å²) in [5.74, 6) is -0.413. The first kappa shape index (κ1) is 28.0. The fourth-order valence-corrected chi connectivity index (χ4v) is 8.01. The van der Waals surface area contributed by atoms with Gasteiger partial charge in [0.05, 0.1) is 5.71 Å². The lowest BCUT2D eigenvalue weighted by Crippen LogP contribution is -2.61. The van der Waals surface area contributed by atoms with Crippen molar-refractivity contribution in [2.75, 3.05) is 13.2 Å². The largest absolute Gasteiger partial charge is 0.478 e. The number of nitrogens with two attached hydrogens (primary N) is 1. The predicted molar refractivity (Wildman–Crippen MR) is 133 cm³/mol. The Kier molecular flexibility index (Phi) is 8.13. The summed E-state index contributed by atoms with van der Waals surface area (Å²) >= 11 is 0. The van der Waals surface area contributed by atoms with Crippen LogP contribution in [0.25, 0.3) is 0 Å². The van der Waals surface area contributed by atoms with Gasteiger partial charge in [-0.15, -0.1) is 0 Å². The van der Waals surface area contributed by atoms with Crippen molar-refractivity contribution < 1.29 is 34.2 Å². The van der Waals surface area contributed by atoms with Gasteiger partial charge < -0.3 is 20.8 Å². The maximum atomic E-state index is 13.6. The van der Waals surface area contributed by atoms with E-state index in [0.29, 0.717) is 67.5 Å². The molecule has 4 aliphatic rings. The summed E-state index contributed by atoms with van der Waals surface area (Å²) in [6.45, 7) is 9.72. The molecule has 0 bridgehead atoms. The van der Waals surface area contributed by atoms with Crippen LogP contribution in [0, 0.1) is 39.9 Å². The van der Waals surface area contributed by atoms with Crippen molar-refractivity contribution in [3.63, 3.8) is 0 Å². The molecule has 36 heavy (non-hydrogen) atoms. The van der Waals surface area contributed by atoms with Gasteiger partial charge in [0.15, 0.2) is 0 Å². The summed E-state index contributed by atoms with van der Waals surface area (Å²) in [7, 11) is 0. The first-order chi connectivity index (χ1) is 16.8. The molecule has 6 atom stereocenters. The number of oxime groups is 1. The zero-order valence-electron chi connectivity index (χ0n) is 21.8. The van der Waals surface area contributed by atoms with Gasteiger partial charge in [0.25, 0.3) is 0 Å². The number of nitrogens with zero attached hydrogens (tertiary/aromatic N) is 1. The maximum absolute atomic E-state index is 13.6. The molecule has 0 aliphatic heterocycles. The zero-order chi connectivity index (χ0) is 26.9. The Labute approximate surface area is 212 Å². The van der Waals surface area contributed by atoms with Crippen LogP contribution in [-0.2, 0) is 24.0 Å². The number of hydrogen-bond donors (Lipinski definition) is 3. The van der Waals surface area contributed by atoms with E-state index in [-0.39, 0.29) is 22.2 Å². The zero-order valence-corrected chi connectivity index (χ0v) is 21.8. The van der Waals surface area contributed by atoms with Gasteiger partial charge in [0.1, 0.15) is 18.2 Å². The molecule has 0 spiro atoms. The van der Waals surface area contributed by atoms with E-state index in [9.17, 15) is 19.2 Å². The van der Waals surface area contributed by atoms with E-state index in [1.165, 1.54) is 0 Å². The minimum atomic E-state index is -1.26. The standard InChI is InChI=1S/C23H36N2O3.C4H4O4/c1-21(2)18(25-28-12-11-24)8-10-23(4)16-7-9-22(3)15(5-6-19(22)27)14(16)13-17(26)20(21)23;5-3(6)1-2-4(7)8/h14-16,20H,5-13,24H2,1-4H3;1-2H,(H,5,6)(H,7,8)/t14-,15-,16-,20-,22-,23+;/m0./s1. The van der Waals surface area contributed by atoms with Crippen LogP contribution < -0.4 is 5.73 Å². The molecule has 4 saturated carbocycles. The van der Waals surface area contributed by atoms with Crippen molar-refractivity contribution in [3.8, 4) is 0 Å². The summed E-state index contributed by atoms with van der Waals surface area (Å²) in [5.41, 5.74) is 6.04. The summed E-state index contributed by atoms with van der Waals surface area (Å²) in [5, 5.41) is 20.0. The molecule has 4 N–H and O–H groups in total. The molecule has 0 aromatic heterocycles. The second kappa shape index (κ2) is 10.4. The van der Waals surface area contributed by atoms with Crippen molar-refractivity contribution in [1.29, 1.82) is 0 Å². The number of Topliss-reactive ketones (excluding diaryl/α,β-unsaturated/α-hetero) is 2. The highest BCUT2D eigenvalue weighted by molar-refractivity contribution is 5.97. The molecule has 0 unspecified atom stereocenters.